The van der Waals surface area contributed by atoms with Gasteiger partial charge in [0.1, 0.15) is 11.5 Å². The summed E-state index contributed by atoms with van der Waals surface area (Å²) in [6, 6.07) is 5.35. The lowest BCUT2D eigenvalue weighted by atomic mass is 9.98. The molecule has 2 N–H and O–H groups in total. The lowest BCUT2D eigenvalue weighted by Crippen LogP contribution is -2.19. The quantitative estimate of drug-likeness (QED) is 0.770. The van der Waals surface area contributed by atoms with Crippen LogP contribution in [-0.2, 0) is 0 Å². The first-order valence-electron chi connectivity index (χ1n) is 5.97. The van der Waals surface area contributed by atoms with Crippen LogP contribution in [0.2, 0.25) is 0 Å². The summed E-state index contributed by atoms with van der Waals surface area (Å²) < 4.78 is 5.90. The van der Waals surface area contributed by atoms with E-state index in [0.717, 1.165) is 18.6 Å². The topological polar surface area (TPSA) is 41.5 Å². The molecule has 0 unspecified atom stereocenters. The van der Waals surface area contributed by atoms with Gasteiger partial charge in [-0.05, 0) is 37.8 Å². The molecule has 1 fully saturated rings. The number of rotatable bonds is 3. The van der Waals surface area contributed by atoms with E-state index in [1.165, 1.54) is 19.3 Å². The molecule has 0 bridgehead atoms. The van der Waals surface area contributed by atoms with Crippen LogP contribution in [-0.4, -0.2) is 18.3 Å². The second-order valence-corrected chi connectivity index (χ2v) is 4.31. The highest BCUT2D eigenvalue weighted by atomic mass is 16.5. The minimum Gasteiger partial charge on any atom is -0.506 e. The molecule has 1 aromatic carbocycles. The van der Waals surface area contributed by atoms with Crippen molar-refractivity contribution in [2.75, 3.05) is 12.4 Å². The van der Waals surface area contributed by atoms with E-state index in [1.54, 1.807) is 13.1 Å². The van der Waals surface area contributed by atoms with Crippen molar-refractivity contribution in [1.82, 2.24) is 0 Å². The summed E-state index contributed by atoms with van der Waals surface area (Å²) in [5.41, 5.74) is 0.716. The van der Waals surface area contributed by atoms with Gasteiger partial charge in [0.2, 0.25) is 0 Å². The summed E-state index contributed by atoms with van der Waals surface area (Å²) in [4.78, 5) is 0. The fourth-order valence-corrected chi connectivity index (χ4v) is 2.16. The van der Waals surface area contributed by atoms with Crippen molar-refractivity contribution >= 4 is 5.69 Å². The zero-order valence-corrected chi connectivity index (χ0v) is 9.70. The van der Waals surface area contributed by atoms with Gasteiger partial charge in [-0.25, -0.2) is 0 Å². The molecule has 0 heterocycles. The molecule has 3 heteroatoms. The number of phenolic OH excluding ortho intramolecular Hbond substituents is 1. The van der Waals surface area contributed by atoms with Gasteiger partial charge in [0, 0.05) is 13.1 Å². The van der Waals surface area contributed by atoms with Crippen LogP contribution < -0.4 is 10.1 Å². The summed E-state index contributed by atoms with van der Waals surface area (Å²) in [5.74, 6) is 1.10. The molecule has 2 rings (SSSR count). The molecule has 1 aliphatic rings. The Bertz CT molecular complexity index is 346. The van der Waals surface area contributed by atoms with Crippen molar-refractivity contribution < 1.29 is 9.84 Å². The third kappa shape index (κ3) is 2.60. The SMILES string of the molecule is CNc1cc(OC2CCCCC2)ccc1O. The van der Waals surface area contributed by atoms with Crippen molar-refractivity contribution in [2.45, 2.75) is 38.2 Å². The first kappa shape index (κ1) is 11.1. The van der Waals surface area contributed by atoms with Crippen LogP contribution in [0.15, 0.2) is 18.2 Å². The summed E-state index contributed by atoms with van der Waals surface area (Å²) in [6.07, 6.45) is 6.51. The van der Waals surface area contributed by atoms with Gasteiger partial charge < -0.3 is 15.2 Å². The van der Waals surface area contributed by atoms with Gasteiger partial charge in [-0.15, -0.1) is 0 Å². The molecule has 0 saturated heterocycles. The Balaban J connectivity index is 2.03. The van der Waals surface area contributed by atoms with E-state index in [2.05, 4.69) is 5.32 Å². The number of aromatic hydroxyl groups is 1. The molecular weight excluding hydrogens is 202 g/mol. The molecule has 0 amide bonds. The first-order valence-corrected chi connectivity index (χ1v) is 5.97. The second kappa shape index (κ2) is 5.10. The van der Waals surface area contributed by atoms with E-state index >= 15 is 0 Å². The van der Waals surface area contributed by atoms with E-state index in [-0.39, 0.29) is 5.75 Å². The summed E-state index contributed by atoms with van der Waals surface area (Å²) in [7, 11) is 1.79. The molecule has 0 aromatic heterocycles. The third-order valence-electron chi connectivity index (χ3n) is 3.09. The zero-order chi connectivity index (χ0) is 11.4. The molecule has 16 heavy (non-hydrogen) atoms. The highest BCUT2D eigenvalue weighted by Crippen LogP contribution is 2.30. The standard InChI is InChI=1S/C13H19NO2/c1-14-12-9-11(7-8-13(12)15)16-10-5-3-2-4-6-10/h7-10,14-15H,2-6H2,1H3. The van der Waals surface area contributed by atoms with E-state index in [4.69, 9.17) is 4.74 Å². The average Bonchev–Trinajstić information content (AvgIpc) is 2.33. The molecule has 0 radical (unpaired) electrons. The zero-order valence-electron chi connectivity index (χ0n) is 9.70. The van der Waals surface area contributed by atoms with Crippen LogP contribution in [0.4, 0.5) is 5.69 Å². The summed E-state index contributed by atoms with van der Waals surface area (Å²) >= 11 is 0. The Labute approximate surface area is 96.4 Å². The molecule has 0 atom stereocenters. The number of nitrogens with one attached hydrogen (secondary N) is 1. The fraction of sp³-hybridized carbons (Fsp3) is 0.538. The average molecular weight is 221 g/mol. The largest absolute Gasteiger partial charge is 0.506 e. The van der Waals surface area contributed by atoms with Gasteiger partial charge >= 0.3 is 0 Å². The number of ether oxygens (including phenoxy) is 1. The molecular formula is C13H19NO2. The van der Waals surface area contributed by atoms with Gasteiger partial charge in [-0.2, -0.15) is 0 Å². The third-order valence-corrected chi connectivity index (χ3v) is 3.09. The lowest BCUT2D eigenvalue weighted by Gasteiger charge is -2.23. The Morgan fingerprint density at radius 1 is 1.25 bits per heavy atom. The maximum atomic E-state index is 9.52. The highest BCUT2D eigenvalue weighted by Gasteiger charge is 2.15. The predicted molar refractivity (Wildman–Crippen MR) is 65.2 cm³/mol. The number of anilines is 1. The summed E-state index contributed by atoms with van der Waals surface area (Å²) in [5, 5.41) is 12.5. The monoisotopic (exact) mass is 221 g/mol. The van der Waals surface area contributed by atoms with E-state index in [0.29, 0.717) is 11.8 Å². The minimum atomic E-state index is 0.262. The molecule has 0 spiro atoms. The Morgan fingerprint density at radius 3 is 2.69 bits per heavy atom. The molecule has 1 aliphatic carbocycles. The van der Waals surface area contributed by atoms with Gasteiger partial charge in [0.15, 0.2) is 0 Å². The molecule has 1 aromatic rings. The van der Waals surface area contributed by atoms with Crippen LogP contribution in [0.3, 0.4) is 0 Å². The van der Waals surface area contributed by atoms with Crippen LogP contribution >= 0.6 is 0 Å². The summed E-state index contributed by atoms with van der Waals surface area (Å²) in [6.45, 7) is 0. The van der Waals surface area contributed by atoms with Crippen molar-refractivity contribution in [3.05, 3.63) is 18.2 Å². The van der Waals surface area contributed by atoms with Crippen molar-refractivity contribution in [3.63, 3.8) is 0 Å². The highest BCUT2D eigenvalue weighted by molar-refractivity contribution is 5.58. The van der Waals surface area contributed by atoms with Gasteiger partial charge in [0.05, 0.1) is 11.8 Å². The van der Waals surface area contributed by atoms with Gasteiger partial charge in [0.25, 0.3) is 0 Å². The molecule has 88 valence electrons. The van der Waals surface area contributed by atoms with E-state index in [1.807, 2.05) is 12.1 Å². The maximum absolute atomic E-state index is 9.52. The number of phenols is 1. The van der Waals surface area contributed by atoms with Gasteiger partial charge in [-0.3, -0.25) is 0 Å². The Kier molecular flexibility index (Phi) is 3.54. The number of hydrogen-bond acceptors (Lipinski definition) is 3. The van der Waals surface area contributed by atoms with E-state index in [9.17, 15) is 5.11 Å². The van der Waals surface area contributed by atoms with Crippen LogP contribution in [0, 0.1) is 0 Å². The number of benzene rings is 1. The smallest absolute Gasteiger partial charge is 0.138 e. The maximum Gasteiger partial charge on any atom is 0.138 e. The predicted octanol–water partition coefficient (Wildman–Crippen LogP) is 3.15. The molecule has 0 aliphatic heterocycles. The van der Waals surface area contributed by atoms with Crippen LogP contribution in [0.25, 0.3) is 0 Å². The second-order valence-electron chi connectivity index (χ2n) is 4.31. The van der Waals surface area contributed by atoms with Crippen LogP contribution in [0.5, 0.6) is 11.5 Å². The number of hydrogen-bond donors (Lipinski definition) is 2. The normalized spacial score (nSPS) is 17.1. The van der Waals surface area contributed by atoms with Crippen molar-refractivity contribution in [1.29, 1.82) is 0 Å². The first-order chi connectivity index (χ1) is 7.79. The van der Waals surface area contributed by atoms with Crippen molar-refractivity contribution in [3.8, 4) is 11.5 Å². The van der Waals surface area contributed by atoms with Gasteiger partial charge in [-0.1, -0.05) is 6.42 Å². The van der Waals surface area contributed by atoms with Crippen LogP contribution in [0.1, 0.15) is 32.1 Å². The molecule has 1 saturated carbocycles. The lowest BCUT2D eigenvalue weighted by molar-refractivity contribution is 0.155. The minimum absolute atomic E-state index is 0.262. The van der Waals surface area contributed by atoms with Crippen molar-refractivity contribution in [2.24, 2.45) is 0 Å². The Hall–Kier alpha value is -1.38. The Morgan fingerprint density at radius 2 is 2.00 bits per heavy atom. The van der Waals surface area contributed by atoms with E-state index < -0.39 is 0 Å². The molecule has 3 nitrogen and oxygen atoms in total. The fourth-order valence-electron chi connectivity index (χ4n) is 2.16.